The normalized spacial score (nSPS) is 19.2. The lowest BCUT2D eigenvalue weighted by molar-refractivity contribution is -0.134. The average Bonchev–Trinajstić information content (AvgIpc) is 2.90. The van der Waals surface area contributed by atoms with Gasteiger partial charge < -0.3 is 20.5 Å². The average molecular weight is 552 g/mol. The van der Waals surface area contributed by atoms with Gasteiger partial charge in [-0.25, -0.2) is 0 Å². The molecule has 7 nitrogen and oxygen atoms in total. The second-order valence-corrected chi connectivity index (χ2v) is 12.7. The maximum Gasteiger partial charge on any atom is 0.243 e. The highest BCUT2D eigenvalue weighted by molar-refractivity contribution is 5.90. The standard InChI is InChI=1S/C33H49N3O4/c1-23(2)20-29(36(6)28-14-10-11-15-30(28)37)32(39)34-27(31(38)35-33(3,4)5)21-24-16-18-26(19-17-24)40-22-25-12-8-7-9-13-25/h7-9,12-13,16-19,23,27-30,37H,10-11,14-15,20-22H2,1-6H3,(H,34,39)(H,35,38). The van der Waals surface area contributed by atoms with E-state index in [1.54, 1.807) is 0 Å². The maximum absolute atomic E-state index is 13.8. The third kappa shape index (κ3) is 9.93. The number of nitrogens with zero attached hydrogens (tertiary/aromatic N) is 1. The zero-order valence-electron chi connectivity index (χ0n) is 25.2. The van der Waals surface area contributed by atoms with E-state index < -0.39 is 23.7 Å². The maximum atomic E-state index is 13.8. The highest BCUT2D eigenvalue weighted by Crippen LogP contribution is 2.26. The van der Waals surface area contributed by atoms with Crippen LogP contribution in [0.3, 0.4) is 0 Å². The zero-order chi connectivity index (χ0) is 29.3. The van der Waals surface area contributed by atoms with E-state index in [1.165, 1.54) is 0 Å². The monoisotopic (exact) mass is 551 g/mol. The van der Waals surface area contributed by atoms with Crippen LogP contribution in [0, 0.1) is 5.92 Å². The lowest BCUT2D eigenvalue weighted by atomic mass is 9.89. The van der Waals surface area contributed by atoms with Crippen molar-refractivity contribution < 1.29 is 19.4 Å². The summed E-state index contributed by atoms with van der Waals surface area (Å²) < 4.78 is 5.92. The molecular formula is C33H49N3O4. The number of amides is 2. The van der Waals surface area contributed by atoms with Crippen LogP contribution in [0.1, 0.15) is 77.8 Å². The van der Waals surface area contributed by atoms with E-state index in [1.807, 2.05) is 87.3 Å². The summed E-state index contributed by atoms with van der Waals surface area (Å²) in [6.45, 7) is 10.5. The van der Waals surface area contributed by atoms with Crippen molar-refractivity contribution in [3.8, 4) is 5.75 Å². The van der Waals surface area contributed by atoms with E-state index in [2.05, 4.69) is 24.5 Å². The topological polar surface area (TPSA) is 90.9 Å². The van der Waals surface area contributed by atoms with Gasteiger partial charge >= 0.3 is 0 Å². The van der Waals surface area contributed by atoms with E-state index in [9.17, 15) is 14.7 Å². The van der Waals surface area contributed by atoms with Crippen molar-refractivity contribution in [3.63, 3.8) is 0 Å². The Hall–Kier alpha value is -2.90. The minimum absolute atomic E-state index is 0.0615. The number of carbonyl (C=O) groups excluding carboxylic acids is 2. The minimum Gasteiger partial charge on any atom is -0.489 e. The van der Waals surface area contributed by atoms with Gasteiger partial charge in [-0.2, -0.15) is 0 Å². The Labute approximate surface area is 240 Å². The van der Waals surface area contributed by atoms with Crippen LogP contribution in [0.2, 0.25) is 0 Å². The molecule has 0 radical (unpaired) electrons. The van der Waals surface area contributed by atoms with Gasteiger partial charge in [0.05, 0.1) is 12.1 Å². The van der Waals surface area contributed by atoms with Crippen LogP contribution in [0.4, 0.5) is 0 Å². The fourth-order valence-electron chi connectivity index (χ4n) is 5.33. The summed E-state index contributed by atoms with van der Waals surface area (Å²) in [5, 5.41) is 16.8. The molecule has 2 aromatic rings. The fraction of sp³-hybridized carbons (Fsp3) is 0.576. The van der Waals surface area contributed by atoms with Crippen LogP contribution in [0.5, 0.6) is 5.75 Å². The Bertz CT molecular complexity index is 1070. The van der Waals surface area contributed by atoms with Gasteiger partial charge in [-0.1, -0.05) is 69.2 Å². The molecule has 4 unspecified atom stereocenters. The second kappa shape index (κ2) is 14.6. The summed E-state index contributed by atoms with van der Waals surface area (Å²) >= 11 is 0. The number of hydrogen-bond donors (Lipinski definition) is 3. The Balaban J connectivity index is 1.74. The SMILES string of the molecule is CC(C)CC(C(=O)NC(Cc1ccc(OCc2ccccc2)cc1)C(=O)NC(C)(C)C)N(C)C1CCCCC1O. The number of nitrogens with one attached hydrogen (secondary N) is 2. The number of aliphatic hydroxyl groups is 1. The Kier molecular flexibility index (Phi) is 11.6. The molecule has 0 heterocycles. The van der Waals surface area contributed by atoms with E-state index in [0.717, 1.165) is 42.6 Å². The second-order valence-electron chi connectivity index (χ2n) is 12.7. The van der Waals surface area contributed by atoms with Crippen molar-refractivity contribution in [2.24, 2.45) is 5.92 Å². The van der Waals surface area contributed by atoms with Gasteiger partial charge in [0.15, 0.2) is 0 Å². The van der Waals surface area contributed by atoms with Crippen molar-refractivity contribution in [3.05, 3.63) is 65.7 Å². The highest BCUT2D eigenvalue weighted by atomic mass is 16.5. The molecule has 0 aliphatic heterocycles. The first-order valence-electron chi connectivity index (χ1n) is 14.7. The molecule has 0 saturated heterocycles. The Morgan fingerprint density at radius 1 is 0.975 bits per heavy atom. The molecule has 3 N–H and O–H groups in total. The van der Waals surface area contributed by atoms with Crippen molar-refractivity contribution in [2.45, 2.75) is 110 Å². The molecule has 4 atom stereocenters. The number of rotatable bonds is 12. The third-order valence-corrected chi connectivity index (χ3v) is 7.45. The van der Waals surface area contributed by atoms with E-state index >= 15 is 0 Å². The van der Waals surface area contributed by atoms with Gasteiger partial charge in [-0.15, -0.1) is 0 Å². The quantitative estimate of drug-likeness (QED) is 0.351. The van der Waals surface area contributed by atoms with Gasteiger partial charge in [0, 0.05) is 18.0 Å². The molecule has 220 valence electrons. The van der Waals surface area contributed by atoms with Gasteiger partial charge in [-0.05, 0) is 76.3 Å². The number of hydrogen-bond acceptors (Lipinski definition) is 5. The minimum atomic E-state index is -0.734. The number of likely N-dealkylation sites (N-methyl/N-ethyl adjacent to an activating group) is 1. The molecule has 0 spiro atoms. The fourth-order valence-corrected chi connectivity index (χ4v) is 5.33. The number of aliphatic hydroxyl groups excluding tert-OH is 1. The molecular weight excluding hydrogens is 502 g/mol. The van der Waals surface area contributed by atoms with Crippen LogP contribution in [0.25, 0.3) is 0 Å². The van der Waals surface area contributed by atoms with Crippen molar-refractivity contribution >= 4 is 11.8 Å². The molecule has 7 heteroatoms. The van der Waals surface area contributed by atoms with Gasteiger partial charge in [0.25, 0.3) is 0 Å². The van der Waals surface area contributed by atoms with E-state index in [0.29, 0.717) is 19.4 Å². The molecule has 2 amide bonds. The predicted octanol–water partition coefficient (Wildman–Crippen LogP) is 4.86. The molecule has 0 aromatic heterocycles. The van der Waals surface area contributed by atoms with E-state index in [-0.39, 0.29) is 23.8 Å². The zero-order valence-corrected chi connectivity index (χ0v) is 25.2. The summed E-state index contributed by atoms with van der Waals surface area (Å²) in [6.07, 6.45) is 4.24. The number of ether oxygens (including phenoxy) is 1. The lowest BCUT2D eigenvalue weighted by Crippen LogP contribution is -2.59. The molecule has 1 aliphatic carbocycles. The van der Waals surface area contributed by atoms with Gasteiger partial charge in [0.1, 0.15) is 18.4 Å². The van der Waals surface area contributed by atoms with Crippen molar-refractivity contribution in [1.29, 1.82) is 0 Å². The molecule has 1 saturated carbocycles. The Morgan fingerprint density at radius 3 is 2.23 bits per heavy atom. The van der Waals surface area contributed by atoms with Crippen LogP contribution in [-0.4, -0.2) is 58.6 Å². The number of benzene rings is 2. The molecule has 40 heavy (non-hydrogen) atoms. The van der Waals surface area contributed by atoms with Crippen molar-refractivity contribution in [1.82, 2.24) is 15.5 Å². The number of carbonyl (C=O) groups is 2. The predicted molar refractivity (Wildman–Crippen MR) is 160 cm³/mol. The highest BCUT2D eigenvalue weighted by Gasteiger charge is 2.36. The molecule has 1 aliphatic rings. The van der Waals surface area contributed by atoms with Gasteiger partial charge in [-0.3, -0.25) is 14.5 Å². The molecule has 3 rings (SSSR count). The third-order valence-electron chi connectivity index (χ3n) is 7.45. The van der Waals surface area contributed by atoms with Crippen molar-refractivity contribution in [2.75, 3.05) is 7.05 Å². The van der Waals surface area contributed by atoms with Crippen LogP contribution < -0.4 is 15.4 Å². The van der Waals surface area contributed by atoms with Crippen LogP contribution in [-0.2, 0) is 22.6 Å². The summed E-state index contributed by atoms with van der Waals surface area (Å²) in [5.41, 5.74) is 1.59. The lowest BCUT2D eigenvalue weighted by Gasteiger charge is -2.40. The largest absolute Gasteiger partial charge is 0.489 e. The van der Waals surface area contributed by atoms with Gasteiger partial charge in [0.2, 0.25) is 11.8 Å². The summed E-state index contributed by atoms with van der Waals surface area (Å²) in [6, 6.07) is 16.5. The first kappa shape index (κ1) is 31.6. The summed E-state index contributed by atoms with van der Waals surface area (Å²) in [5.74, 6) is 0.640. The first-order valence-corrected chi connectivity index (χ1v) is 14.7. The molecule has 2 aromatic carbocycles. The Morgan fingerprint density at radius 2 is 1.62 bits per heavy atom. The van der Waals surface area contributed by atoms with E-state index in [4.69, 9.17) is 4.74 Å². The van der Waals surface area contributed by atoms with Crippen LogP contribution >= 0.6 is 0 Å². The van der Waals surface area contributed by atoms with Crippen LogP contribution in [0.15, 0.2) is 54.6 Å². The molecule has 1 fully saturated rings. The smallest absolute Gasteiger partial charge is 0.243 e. The summed E-state index contributed by atoms with van der Waals surface area (Å²) in [7, 11) is 1.93. The summed E-state index contributed by atoms with van der Waals surface area (Å²) in [4.78, 5) is 29.2. The molecule has 0 bridgehead atoms. The first-order chi connectivity index (χ1) is 18.9.